The predicted molar refractivity (Wildman–Crippen MR) is 45.3 cm³/mol. The first kappa shape index (κ1) is 9.60. The Kier molecular flexibility index (Phi) is 2.48. The van der Waals surface area contributed by atoms with Crippen molar-refractivity contribution in [3.8, 4) is 0 Å². The first-order chi connectivity index (χ1) is 5.41. The molecule has 0 aliphatic carbocycles. The van der Waals surface area contributed by atoms with Crippen LogP contribution >= 0.6 is 11.3 Å². The summed E-state index contributed by atoms with van der Waals surface area (Å²) >= 11 is 1.31. The lowest BCUT2D eigenvalue weighted by atomic mass is 10.4. The smallest absolute Gasteiger partial charge is 0.245 e. The Balaban J connectivity index is 3.01. The van der Waals surface area contributed by atoms with Crippen LogP contribution in [-0.4, -0.2) is 13.4 Å². The van der Waals surface area contributed by atoms with Crippen LogP contribution in [-0.2, 0) is 10.2 Å². The van der Waals surface area contributed by atoms with E-state index in [-0.39, 0.29) is 5.69 Å². The molecule has 3 nitrogen and oxygen atoms in total. The lowest BCUT2D eigenvalue weighted by Crippen LogP contribution is -2.03. The van der Waals surface area contributed by atoms with Gasteiger partial charge in [0.15, 0.2) is 0 Å². The van der Waals surface area contributed by atoms with Crippen molar-refractivity contribution in [1.82, 2.24) is 4.98 Å². The Hall–Kier alpha value is -0.490. The van der Waals surface area contributed by atoms with Gasteiger partial charge in [-0.25, -0.2) is 4.98 Å². The van der Waals surface area contributed by atoms with Gasteiger partial charge in [-0.05, 0) is 13.8 Å². The van der Waals surface area contributed by atoms with E-state index in [0.717, 1.165) is 5.01 Å². The van der Waals surface area contributed by atoms with E-state index in [4.69, 9.17) is 0 Å². The van der Waals surface area contributed by atoms with Crippen LogP contribution in [0.3, 0.4) is 0 Å². The van der Waals surface area contributed by atoms with Gasteiger partial charge in [0, 0.05) is 5.38 Å². The van der Waals surface area contributed by atoms with Crippen molar-refractivity contribution in [3.63, 3.8) is 0 Å². The fraction of sp³-hybridized carbons (Fsp3) is 0.500. The average Bonchev–Trinajstić information content (AvgIpc) is 2.32. The zero-order valence-electron chi connectivity index (χ0n) is 6.61. The highest BCUT2D eigenvalue weighted by Gasteiger charge is 2.23. The topological polar surface area (TPSA) is 47.0 Å². The number of nitrogens with zero attached hydrogens (tertiary/aromatic N) is 1. The van der Waals surface area contributed by atoms with Gasteiger partial charge in [0.05, 0.1) is 10.7 Å². The summed E-state index contributed by atoms with van der Waals surface area (Å²) in [6.07, 6.45) is 0. The van der Waals surface area contributed by atoms with Gasteiger partial charge in [-0.2, -0.15) is 8.42 Å². The standard InChI is InChI=1S/C6H8FNO2S2/c1-4(12(7,9)10)6-3-11-5(2)8-6/h3-4H,1-2H3. The maximum Gasteiger partial charge on any atom is 0.310 e. The first-order valence-electron chi connectivity index (χ1n) is 3.27. The number of halogens is 1. The number of rotatable bonds is 2. The molecule has 0 fully saturated rings. The van der Waals surface area contributed by atoms with Crippen LogP contribution in [0.25, 0.3) is 0 Å². The number of thiazole rings is 1. The molecule has 68 valence electrons. The van der Waals surface area contributed by atoms with E-state index in [0.29, 0.717) is 0 Å². The van der Waals surface area contributed by atoms with Crippen molar-refractivity contribution < 1.29 is 12.3 Å². The van der Waals surface area contributed by atoms with E-state index in [1.165, 1.54) is 18.3 Å². The zero-order chi connectivity index (χ0) is 9.35. The molecule has 1 unspecified atom stereocenters. The molecule has 0 N–H and O–H groups in total. The Labute approximate surface area is 74.5 Å². The summed E-state index contributed by atoms with van der Waals surface area (Å²) in [5.41, 5.74) is 0.278. The highest BCUT2D eigenvalue weighted by atomic mass is 32.3. The van der Waals surface area contributed by atoms with Gasteiger partial charge in [-0.3, -0.25) is 0 Å². The van der Waals surface area contributed by atoms with Crippen molar-refractivity contribution in [2.75, 3.05) is 0 Å². The van der Waals surface area contributed by atoms with Crippen molar-refractivity contribution >= 4 is 21.6 Å². The molecule has 12 heavy (non-hydrogen) atoms. The van der Waals surface area contributed by atoms with Gasteiger partial charge in [-0.1, -0.05) is 0 Å². The van der Waals surface area contributed by atoms with Crippen LogP contribution in [0.5, 0.6) is 0 Å². The molecule has 0 aliphatic heterocycles. The number of aryl methyl sites for hydroxylation is 1. The molecule has 1 aromatic heterocycles. The van der Waals surface area contributed by atoms with Crippen molar-refractivity contribution in [2.45, 2.75) is 19.1 Å². The van der Waals surface area contributed by atoms with Gasteiger partial charge in [0.1, 0.15) is 5.25 Å². The second-order valence-corrected chi connectivity index (χ2v) is 5.13. The maximum absolute atomic E-state index is 12.4. The molecule has 1 atom stereocenters. The minimum Gasteiger partial charge on any atom is -0.245 e. The molecule has 0 amide bonds. The third-order valence-electron chi connectivity index (χ3n) is 1.48. The van der Waals surface area contributed by atoms with E-state index >= 15 is 0 Å². The average molecular weight is 209 g/mol. The molecule has 0 spiro atoms. The second-order valence-electron chi connectivity index (χ2n) is 2.41. The Morgan fingerprint density at radius 1 is 1.67 bits per heavy atom. The fourth-order valence-electron chi connectivity index (χ4n) is 0.711. The summed E-state index contributed by atoms with van der Waals surface area (Å²) in [7, 11) is -4.50. The molecule has 0 aromatic carbocycles. The normalized spacial score (nSPS) is 14.6. The van der Waals surface area contributed by atoms with Crippen LogP contribution in [0.1, 0.15) is 22.9 Å². The van der Waals surface area contributed by atoms with Crippen LogP contribution in [0.4, 0.5) is 3.89 Å². The number of aromatic nitrogens is 1. The fourth-order valence-corrected chi connectivity index (χ4v) is 1.91. The summed E-state index contributed by atoms with van der Waals surface area (Å²) in [6, 6.07) is 0. The third-order valence-corrected chi connectivity index (χ3v) is 3.35. The van der Waals surface area contributed by atoms with Gasteiger partial charge >= 0.3 is 10.2 Å². The second kappa shape index (κ2) is 3.10. The SMILES string of the molecule is Cc1nc(C(C)S(=O)(=O)F)cs1. The molecule has 0 saturated carbocycles. The number of hydrogen-bond donors (Lipinski definition) is 0. The molecule has 0 saturated heterocycles. The Morgan fingerprint density at radius 3 is 2.58 bits per heavy atom. The maximum atomic E-state index is 12.4. The quantitative estimate of drug-likeness (QED) is 0.698. The minimum atomic E-state index is -4.50. The molecule has 6 heteroatoms. The highest BCUT2D eigenvalue weighted by Crippen LogP contribution is 2.24. The summed E-state index contributed by atoms with van der Waals surface area (Å²) in [6.45, 7) is 3.02. The summed E-state index contributed by atoms with van der Waals surface area (Å²) < 4.78 is 33.3. The van der Waals surface area contributed by atoms with Gasteiger partial charge in [-0.15, -0.1) is 15.2 Å². The van der Waals surface area contributed by atoms with Crippen LogP contribution in [0.15, 0.2) is 5.38 Å². The number of hydrogen-bond acceptors (Lipinski definition) is 4. The molecule has 1 heterocycles. The van der Waals surface area contributed by atoms with E-state index in [1.807, 2.05) is 0 Å². The minimum absolute atomic E-state index is 0.278. The lowest BCUT2D eigenvalue weighted by Gasteiger charge is -2.00. The summed E-state index contributed by atoms with van der Waals surface area (Å²) in [5, 5.41) is 1.14. The van der Waals surface area contributed by atoms with E-state index in [2.05, 4.69) is 4.98 Å². The Morgan fingerprint density at radius 2 is 2.25 bits per heavy atom. The zero-order valence-corrected chi connectivity index (χ0v) is 8.25. The van der Waals surface area contributed by atoms with E-state index < -0.39 is 15.5 Å². The molecule has 0 aliphatic rings. The third kappa shape index (κ3) is 2.01. The van der Waals surface area contributed by atoms with Crippen LogP contribution in [0, 0.1) is 6.92 Å². The molecule has 0 radical (unpaired) electrons. The summed E-state index contributed by atoms with van der Waals surface area (Å²) in [4.78, 5) is 3.88. The predicted octanol–water partition coefficient (Wildman–Crippen LogP) is 1.81. The molecule has 0 bridgehead atoms. The first-order valence-corrected chi connectivity index (χ1v) is 5.59. The largest absolute Gasteiger partial charge is 0.310 e. The van der Waals surface area contributed by atoms with Crippen LogP contribution < -0.4 is 0 Å². The molecule has 1 aromatic rings. The van der Waals surface area contributed by atoms with Crippen molar-refractivity contribution in [2.24, 2.45) is 0 Å². The van der Waals surface area contributed by atoms with Crippen molar-refractivity contribution in [3.05, 3.63) is 16.1 Å². The summed E-state index contributed by atoms with van der Waals surface area (Å²) in [5.74, 6) is 0. The Bertz CT molecular complexity index is 371. The van der Waals surface area contributed by atoms with E-state index in [1.54, 1.807) is 12.3 Å². The van der Waals surface area contributed by atoms with Gasteiger partial charge in [0.2, 0.25) is 0 Å². The van der Waals surface area contributed by atoms with Crippen molar-refractivity contribution in [1.29, 1.82) is 0 Å². The highest BCUT2D eigenvalue weighted by molar-refractivity contribution is 7.86. The molecular formula is C6H8FNO2S2. The van der Waals surface area contributed by atoms with Gasteiger partial charge in [0.25, 0.3) is 0 Å². The molecular weight excluding hydrogens is 201 g/mol. The lowest BCUT2D eigenvalue weighted by molar-refractivity contribution is 0.539. The van der Waals surface area contributed by atoms with E-state index in [9.17, 15) is 12.3 Å². The van der Waals surface area contributed by atoms with Crippen LogP contribution in [0.2, 0.25) is 0 Å². The molecule has 1 rings (SSSR count). The monoisotopic (exact) mass is 209 g/mol. The van der Waals surface area contributed by atoms with Gasteiger partial charge < -0.3 is 0 Å².